The van der Waals surface area contributed by atoms with E-state index in [4.69, 9.17) is 16.3 Å². The number of carbonyl (C=O) groups is 1. The fourth-order valence-corrected chi connectivity index (χ4v) is 2.36. The molecule has 0 aliphatic carbocycles. The first kappa shape index (κ1) is 14.5. The van der Waals surface area contributed by atoms with E-state index in [0.717, 1.165) is 16.7 Å². The molecule has 22 heavy (non-hydrogen) atoms. The fraction of sp³-hybridized carbons (Fsp3) is 0.111. The van der Waals surface area contributed by atoms with Crippen molar-refractivity contribution in [3.05, 3.63) is 75.4 Å². The first-order valence-corrected chi connectivity index (χ1v) is 7.26. The maximum atomic E-state index is 12.0. The lowest BCUT2D eigenvalue weighted by Gasteiger charge is -2.03. The first-order valence-electron chi connectivity index (χ1n) is 6.89. The van der Waals surface area contributed by atoms with E-state index in [0.29, 0.717) is 10.9 Å². The van der Waals surface area contributed by atoms with E-state index in [1.54, 1.807) is 18.2 Å². The average molecular weight is 312 g/mol. The van der Waals surface area contributed by atoms with Gasteiger partial charge < -0.3 is 4.74 Å². The number of carbonyl (C=O) groups excluding carboxylic acids is 1. The second kappa shape index (κ2) is 5.78. The number of hydrogen-bond acceptors (Lipinski definition) is 3. The van der Waals surface area contributed by atoms with E-state index in [9.17, 15) is 4.79 Å². The first-order chi connectivity index (χ1) is 10.5. The van der Waals surface area contributed by atoms with Gasteiger partial charge in [0, 0.05) is 10.6 Å². The molecule has 0 saturated carbocycles. The summed E-state index contributed by atoms with van der Waals surface area (Å²) in [7, 11) is 0. The maximum Gasteiger partial charge on any atom is 0.363 e. The van der Waals surface area contributed by atoms with Crippen molar-refractivity contribution in [2.75, 3.05) is 0 Å². The summed E-state index contributed by atoms with van der Waals surface area (Å²) in [6.07, 6.45) is 1.67. The second-order valence-corrected chi connectivity index (χ2v) is 5.63. The zero-order valence-corrected chi connectivity index (χ0v) is 13.0. The predicted molar refractivity (Wildman–Crippen MR) is 88.0 cm³/mol. The highest BCUT2D eigenvalue weighted by atomic mass is 35.5. The van der Waals surface area contributed by atoms with Crippen LogP contribution in [-0.4, -0.2) is 11.9 Å². The Balaban J connectivity index is 1.96. The van der Waals surface area contributed by atoms with Crippen LogP contribution in [-0.2, 0) is 9.53 Å². The Morgan fingerprint density at radius 2 is 1.91 bits per heavy atom. The molecule has 0 N–H and O–H groups in total. The van der Waals surface area contributed by atoms with Crippen molar-refractivity contribution in [2.45, 2.75) is 13.8 Å². The van der Waals surface area contributed by atoms with Crippen LogP contribution >= 0.6 is 11.6 Å². The number of aliphatic imine (C=N–C) groups is 1. The zero-order valence-electron chi connectivity index (χ0n) is 12.3. The summed E-state index contributed by atoms with van der Waals surface area (Å²) in [4.78, 5) is 16.3. The highest BCUT2D eigenvalue weighted by molar-refractivity contribution is 6.30. The Kier molecular flexibility index (Phi) is 3.82. The zero-order chi connectivity index (χ0) is 15.7. The van der Waals surface area contributed by atoms with Crippen molar-refractivity contribution < 1.29 is 9.53 Å². The molecular formula is C18H14ClNO2. The molecule has 0 atom stereocenters. The number of aryl methyl sites for hydroxylation is 2. The summed E-state index contributed by atoms with van der Waals surface area (Å²) >= 11 is 5.94. The van der Waals surface area contributed by atoms with Gasteiger partial charge in [-0.2, -0.15) is 0 Å². The Morgan fingerprint density at radius 1 is 1.09 bits per heavy atom. The minimum atomic E-state index is -0.451. The lowest BCUT2D eigenvalue weighted by molar-refractivity contribution is -0.129. The smallest absolute Gasteiger partial charge is 0.363 e. The second-order valence-electron chi connectivity index (χ2n) is 5.19. The molecule has 0 radical (unpaired) electrons. The van der Waals surface area contributed by atoms with Crippen molar-refractivity contribution in [1.29, 1.82) is 0 Å². The Hall–Kier alpha value is -2.39. The molecule has 110 valence electrons. The third-order valence-electron chi connectivity index (χ3n) is 3.53. The minimum absolute atomic E-state index is 0.274. The summed E-state index contributed by atoms with van der Waals surface area (Å²) in [5.74, 6) is -0.116. The van der Waals surface area contributed by atoms with E-state index in [1.807, 2.05) is 44.2 Å². The average Bonchev–Trinajstić information content (AvgIpc) is 2.83. The van der Waals surface area contributed by atoms with E-state index < -0.39 is 5.97 Å². The van der Waals surface area contributed by atoms with Gasteiger partial charge in [0.1, 0.15) is 0 Å². The summed E-state index contributed by atoms with van der Waals surface area (Å²) in [5, 5.41) is 0.610. The molecular weight excluding hydrogens is 298 g/mol. The molecule has 4 heteroatoms. The van der Waals surface area contributed by atoms with Crippen molar-refractivity contribution in [3.8, 4) is 0 Å². The number of ether oxygens (including phenoxy) is 1. The molecule has 1 aliphatic heterocycles. The fourth-order valence-electron chi connectivity index (χ4n) is 2.16. The monoisotopic (exact) mass is 311 g/mol. The Morgan fingerprint density at radius 3 is 2.64 bits per heavy atom. The van der Waals surface area contributed by atoms with Crippen LogP contribution in [0.4, 0.5) is 0 Å². The molecule has 3 nitrogen and oxygen atoms in total. The van der Waals surface area contributed by atoms with Gasteiger partial charge in [-0.05, 0) is 60.9 Å². The minimum Gasteiger partial charge on any atom is -0.402 e. The van der Waals surface area contributed by atoms with Gasteiger partial charge in [-0.1, -0.05) is 29.8 Å². The third kappa shape index (κ3) is 2.95. The Labute approximate surface area is 133 Å². The van der Waals surface area contributed by atoms with E-state index in [-0.39, 0.29) is 5.70 Å². The van der Waals surface area contributed by atoms with Crippen LogP contribution < -0.4 is 0 Å². The van der Waals surface area contributed by atoms with Gasteiger partial charge in [0.05, 0.1) is 0 Å². The van der Waals surface area contributed by atoms with Crippen LogP contribution in [0.1, 0.15) is 22.3 Å². The number of cyclic esters (lactones) is 1. The van der Waals surface area contributed by atoms with Crippen molar-refractivity contribution in [3.63, 3.8) is 0 Å². The molecule has 0 unspecified atom stereocenters. The number of halogens is 1. The Bertz CT molecular complexity index is 822. The van der Waals surface area contributed by atoms with E-state index >= 15 is 0 Å². The molecule has 0 aromatic heterocycles. The molecule has 3 rings (SSSR count). The van der Waals surface area contributed by atoms with E-state index in [2.05, 4.69) is 4.99 Å². The van der Waals surface area contributed by atoms with Gasteiger partial charge in [0.25, 0.3) is 0 Å². The van der Waals surface area contributed by atoms with E-state index in [1.165, 1.54) is 5.56 Å². The standard InChI is InChI=1S/C18H14ClNO2/c1-11-6-7-14(8-12(11)2)17-20-16(18(21)22-17)10-13-4-3-5-15(19)9-13/h3-10H,1-2H3/b16-10+. The van der Waals surface area contributed by atoms with Crippen molar-refractivity contribution in [1.82, 2.24) is 0 Å². The van der Waals surface area contributed by atoms with Gasteiger partial charge >= 0.3 is 5.97 Å². The molecule has 0 spiro atoms. The van der Waals surface area contributed by atoms with Crippen LogP contribution in [0.5, 0.6) is 0 Å². The van der Waals surface area contributed by atoms with Gasteiger partial charge in [0.15, 0.2) is 5.70 Å². The largest absolute Gasteiger partial charge is 0.402 e. The highest BCUT2D eigenvalue weighted by Crippen LogP contribution is 2.21. The van der Waals surface area contributed by atoms with Crippen LogP contribution in [0.15, 0.2) is 53.2 Å². The number of hydrogen-bond donors (Lipinski definition) is 0. The molecule has 0 fully saturated rings. The normalized spacial score (nSPS) is 15.9. The van der Waals surface area contributed by atoms with Crippen molar-refractivity contribution >= 4 is 29.5 Å². The lowest BCUT2D eigenvalue weighted by Crippen LogP contribution is -2.05. The van der Waals surface area contributed by atoms with Gasteiger partial charge in [-0.25, -0.2) is 9.79 Å². The van der Waals surface area contributed by atoms with Crippen LogP contribution in [0.3, 0.4) is 0 Å². The summed E-state index contributed by atoms with van der Waals surface area (Å²) in [5.41, 5.74) is 4.19. The van der Waals surface area contributed by atoms with Gasteiger partial charge in [-0.15, -0.1) is 0 Å². The highest BCUT2D eigenvalue weighted by Gasteiger charge is 2.24. The molecule has 0 bridgehead atoms. The quantitative estimate of drug-likeness (QED) is 0.612. The SMILES string of the molecule is Cc1ccc(C2=N/C(=C/c3cccc(Cl)c3)C(=O)O2)cc1C. The summed E-state index contributed by atoms with van der Waals surface area (Å²) in [6, 6.07) is 13.1. The third-order valence-corrected chi connectivity index (χ3v) is 3.76. The van der Waals surface area contributed by atoms with Gasteiger partial charge in [-0.3, -0.25) is 0 Å². The maximum absolute atomic E-state index is 12.0. The topological polar surface area (TPSA) is 38.7 Å². The lowest BCUT2D eigenvalue weighted by atomic mass is 10.1. The number of rotatable bonds is 2. The molecule has 2 aromatic carbocycles. The number of nitrogens with zero attached hydrogens (tertiary/aromatic N) is 1. The number of esters is 1. The van der Waals surface area contributed by atoms with Crippen LogP contribution in [0.2, 0.25) is 5.02 Å². The summed E-state index contributed by atoms with van der Waals surface area (Å²) in [6.45, 7) is 4.05. The molecule has 1 heterocycles. The predicted octanol–water partition coefficient (Wildman–Crippen LogP) is 4.30. The summed E-state index contributed by atoms with van der Waals surface area (Å²) < 4.78 is 5.27. The van der Waals surface area contributed by atoms with Crippen LogP contribution in [0.25, 0.3) is 6.08 Å². The molecule has 0 saturated heterocycles. The van der Waals surface area contributed by atoms with Crippen LogP contribution in [0, 0.1) is 13.8 Å². The van der Waals surface area contributed by atoms with Gasteiger partial charge in [0.2, 0.25) is 5.90 Å². The van der Waals surface area contributed by atoms with Crippen molar-refractivity contribution in [2.24, 2.45) is 4.99 Å². The molecule has 2 aromatic rings. The molecule has 1 aliphatic rings. The molecule has 0 amide bonds. The number of benzene rings is 2.